The van der Waals surface area contributed by atoms with Gasteiger partial charge in [0, 0.05) is 10.6 Å². The third kappa shape index (κ3) is 3.04. The van der Waals surface area contributed by atoms with Gasteiger partial charge in [0.2, 0.25) is 5.91 Å². The van der Waals surface area contributed by atoms with E-state index in [1.54, 1.807) is 36.4 Å². The van der Waals surface area contributed by atoms with Crippen molar-refractivity contribution in [2.24, 2.45) is 0 Å². The number of thioether (sulfide) groups is 1. The standard InChI is InChI=1S/C15H11ClN2O2S/c16-11-4-2-1-3-10(11)15(20)17-9-5-6-13-12(7-9)18-14(19)8-21-13/h1-7H,8H2,(H,17,20)(H,18,19). The summed E-state index contributed by atoms with van der Waals surface area (Å²) < 4.78 is 0. The molecule has 0 atom stereocenters. The molecule has 2 aromatic rings. The Hall–Kier alpha value is -1.98. The molecule has 106 valence electrons. The SMILES string of the molecule is O=C1CSc2ccc(NC(=O)c3ccccc3Cl)cc2N1. The van der Waals surface area contributed by atoms with E-state index < -0.39 is 0 Å². The molecule has 2 aromatic carbocycles. The molecule has 1 heterocycles. The molecule has 21 heavy (non-hydrogen) atoms. The van der Waals surface area contributed by atoms with E-state index in [2.05, 4.69) is 10.6 Å². The number of benzene rings is 2. The van der Waals surface area contributed by atoms with Crippen LogP contribution in [0.15, 0.2) is 47.4 Å². The molecule has 1 aliphatic rings. The van der Waals surface area contributed by atoms with Crippen molar-refractivity contribution >= 4 is 46.6 Å². The Kier molecular flexibility index (Phi) is 3.86. The van der Waals surface area contributed by atoms with Crippen LogP contribution in [0, 0.1) is 0 Å². The third-order valence-corrected chi connectivity index (χ3v) is 4.39. The van der Waals surface area contributed by atoms with Gasteiger partial charge in [-0.15, -0.1) is 11.8 Å². The van der Waals surface area contributed by atoms with E-state index in [-0.39, 0.29) is 11.8 Å². The fraction of sp³-hybridized carbons (Fsp3) is 0.0667. The summed E-state index contributed by atoms with van der Waals surface area (Å²) in [5, 5.41) is 5.97. The fourth-order valence-corrected chi connectivity index (χ4v) is 3.01. The molecule has 2 amide bonds. The predicted molar refractivity (Wildman–Crippen MR) is 85.2 cm³/mol. The van der Waals surface area contributed by atoms with Crippen LogP contribution in [0.25, 0.3) is 0 Å². The zero-order valence-corrected chi connectivity index (χ0v) is 12.4. The van der Waals surface area contributed by atoms with E-state index in [9.17, 15) is 9.59 Å². The molecule has 0 saturated heterocycles. The Labute approximate surface area is 130 Å². The lowest BCUT2D eigenvalue weighted by molar-refractivity contribution is -0.113. The summed E-state index contributed by atoms with van der Waals surface area (Å²) in [6.07, 6.45) is 0. The predicted octanol–water partition coefficient (Wildman–Crippen LogP) is 3.64. The summed E-state index contributed by atoms with van der Waals surface area (Å²) in [4.78, 5) is 24.6. The number of carbonyl (C=O) groups excluding carboxylic acids is 2. The van der Waals surface area contributed by atoms with Gasteiger partial charge >= 0.3 is 0 Å². The highest BCUT2D eigenvalue weighted by atomic mass is 35.5. The quantitative estimate of drug-likeness (QED) is 0.889. The average molecular weight is 319 g/mol. The van der Waals surface area contributed by atoms with Crippen molar-refractivity contribution in [1.82, 2.24) is 0 Å². The first-order valence-electron chi connectivity index (χ1n) is 6.26. The molecule has 0 radical (unpaired) electrons. The Morgan fingerprint density at radius 2 is 2.05 bits per heavy atom. The van der Waals surface area contributed by atoms with Gasteiger partial charge in [0.1, 0.15) is 0 Å². The molecule has 0 fully saturated rings. The van der Waals surface area contributed by atoms with Crippen LogP contribution in [-0.2, 0) is 4.79 Å². The molecule has 0 bridgehead atoms. The highest BCUT2D eigenvalue weighted by Gasteiger charge is 2.16. The first kappa shape index (κ1) is 14.0. The number of nitrogens with one attached hydrogen (secondary N) is 2. The number of halogens is 1. The minimum atomic E-state index is -0.282. The van der Waals surface area contributed by atoms with Gasteiger partial charge in [-0.2, -0.15) is 0 Å². The topological polar surface area (TPSA) is 58.2 Å². The number of carbonyl (C=O) groups is 2. The van der Waals surface area contributed by atoms with E-state index in [4.69, 9.17) is 11.6 Å². The number of amides is 2. The molecule has 4 nitrogen and oxygen atoms in total. The Morgan fingerprint density at radius 3 is 2.86 bits per heavy atom. The Bertz CT molecular complexity index is 733. The van der Waals surface area contributed by atoms with Gasteiger partial charge in [-0.25, -0.2) is 0 Å². The lowest BCUT2D eigenvalue weighted by atomic mass is 10.2. The molecule has 0 aliphatic carbocycles. The zero-order chi connectivity index (χ0) is 14.8. The van der Waals surface area contributed by atoms with E-state index in [0.29, 0.717) is 27.7 Å². The lowest BCUT2D eigenvalue weighted by Gasteiger charge is -2.17. The van der Waals surface area contributed by atoms with Gasteiger partial charge in [-0.1, -0.05) is 23.7 Å². The molecule has 0 spiro atoms. The summed E-state index contributed by atoms with van der Waals surface area (Å²) in [6, 6.07) is 12.3. The first-order valence-corrected chi connectivity index (χ1v) is 7.62. The summed E-state index contributed by atoms with van der Waals surface area (Å²) >= 11 is 7.48. The number of rotatable bonds is 2. The highest BCUT2D eigenvalue weighted by Crippen LogP contribution is 2.33. The largest absolute Gasteiger partial charge is 0.324 e. The van der Waals surface area contributed by atoms with Crippen molar-refractivity contribution in [2.75, 3.05) is 16.4 Å². The van der Waals surface area contributed by atoms with Crippen molar-refractivity contribution in [2.45, 2.75) is 4.90 Å². The molecule has 2 N–H and O–H groups in total. The van der Waals surface area contributed by atoms with Crippen molar-refractivity contribution < 1.29 is 9.59 Å². The molecule has 0 unspecified atom stereocenters. The van der Waals surface area contributed by atoms with Crippen molar-refractivity contribution in [3.63, 3.8) is 0 Å². The number of hydrogen-bond acceptors (Lipinski definition) is 3. The second kappa shape index (κ2) is 5.79. The van der Waals surface area contributed by atoms with Crippen LogP contribution in [0.1, 0.15) is 10.4 Å². The first-order chi connectivity index (χ1) is 10.1. The van der Waals surface area contributed by atoms with Crippen molar-refractivity contribution in [3.05, 3.63) is 53.1 Å². The average Bonchev–Trinajstić information content (AvgIpc) is 2.47. The number of fused-ring (bicyclic) bond motifs is 1. The maximum absolute atomic E-state index is 12.2. The lowest BCUT2D eigenvalue weighted by Crippen LogP contribution is -2.19. The van der Waals surface area contributed by atoms with Crippen molar-refractivity contribution in [1.29, 1.82) is 0 Å². The maximum Gasteiger partial charge on any atom is 0.257 e. The summed E-state index contributed by atoms with van der Waals surface area (Å²) in [7, 11) is 0. The van der Waals surface area contributed by atoms with Gasteiger partial charge in [-0.3, -0.25) is 9.59 Å². The number of hydrogen-bond donors (Lipinski definition) is 2. The van der Waals surface area contributed by atoms with Crippen LogP contribution in [0.4, 0.5) is 11.4 Å². The van der Waals surface area contributed by atoms with Gasteiger partial charge in [0.15, 0.2) is 0 Å². The molecule has 3 rings (SSSR count). The Morgan fingerprint density at radius 1 is 1.24 bits per heavy atom. The van der Waals surface area contributed by atoms with Crippen LogP contribution in [0.3, 0.4) is 0 Å². The number of anilines is 2. The van der Waals surface area contributed by atoms with Crippen LogP contribution in [0.5, 0.6) is 0 Å². The second-order valence-electron chi connectivity index (χ2n) is 4.48. The minimum absolute atomic E-state index is 0.0397. The van der Waals surface area contributed by atoms with E-state index >= 15 is 0 Å². The normalized spacial score (nSPS) is 13.3. The monoisotopic (exact) mass is 318 g/mol. The third-order valence-electron chi connectivity index (χ3n) is 2.99. The molecular formula is C15H11ClN2O2S. The van der Waals surface area contributed by atoms with Crippen LogP contribution < -0.4 is 10.6 Å². The van der Waals surface area contributed by atoms with Gasteiger partial charge in [-0.05, 0) is 30.3 Å². The molecule has 6 heteroatoms. The molecular weight excluding hydrogens is 308 g/mol. The van der Waals surface area contributed by atoms with Crippen LogP contribution in [0.2, 0.25) is 5.02 Å². The maximum atomic E-state index is 12.2. The molecule has 1 aliphatic heterocycles. The smallest absolute Gasteiger partial charge is 0.257 e. The van der Waals surface area contributed by atoms with Gasteiger partial charge in [0.05, 0.1) is 22.0 Å². The zero-order valence-electron chi connectivity index (χ0n) is 10.9. The van der Waals surface area contributed by atoms with Crippen molar-refractivity contribution in [3.8, 4) is 0 Å². The second-order valence-corrected chi connectivity index (χ2v) is 5.91. The van der Waals surface area contributed by atoms with Gasteiger partial charge in [0.25, 0.3) is 5.91 Å². The summed E-state index contributed by atoms with van der Waals surface area (Å²) in [6.45, 7) is 0. The van der Waals surface area contributed by atoms with Gasteiger partial charge < -0.3 is 10.6 Å². The van der Waals surface area contributed by atoms with Crippen LogP contribution in [-0.4, -0.2) is 17.6 Å². The minimum Gasteiger partial charge on any atom is -0.324 e. The highest BCUT2D eigenvalue weighted by molar-refractivity contribution is 8.00. The van der Waals surface area contributed by atoms with E-state index in [1.807, 2.05) is 6.07 Å². The van der Waals surface area contributed by atoms with Crippen LogP contribution >= 0.6 is 23.4 Å². The summed E-state index contributed by atoms with van der Waals surface area (Å²) in [5.74, 6) is 0.0932. The van der Waals surface area contributed by atoms with E-state index in [0.717, 1.165) is 4.90 Å². The Balaban J connectivity index is 1.82. The van der Waals surface area contributed by atoms with E-state index in [1.165, 1.54) is 11.8 Å². The fourth-order valence-electron chi connectivity index (χ4n) is 2.00. The summed E-state index contributed by atoms with van der Waals surface area (Å²) in [5.41, 5.74) is 1.74. The molecule has 0 saturated carbocycles. The molecule has 0 aromatic heterocycles.